The van der Waals surface area contributed by atoms with Crippen molar-refractivity contribution in [2.75, 3.05) is 19.7 Å². The van der Waals surface area contributed by atoms with Crippen LogP contribution in [-0.4, -0.2) is 25.7 Å². The van der Waals surface area contributed by atoms with Crippen molar-refractivity contribution in [1.82, 2.24) is 5.32 Å². The van der Waals surface area contributed by atoms with E-state index >= 15 is 0 Å². The molecule has 0 radical (unpaired) electrons. The average molecular weight is 157 g/mol. The summed E-state index contributed by atoms with van der Waals surface area (Å²) in [4.78, 5) is 11.1. The van der Waals surface area contributed by atoms with Crippen LogP contribution < -0.4 is 5.32 Å². The lowest BCUT2D eigenvalue weighted by Gasteiger charge is -2.31. The van der Waals surface area contributed by atoms with E-state index < -0.39 is 0 Å². The van der Waals surface area contributed by atoms with Crippen molar-refractivity contribution in [3.8, 4) is 0 Å². The fourth-order valence-corrected chi connectivity index (χ4v) is 1.13. The molecule has 3 nitrogen and oxygen atoms in total. The normalized spacial score (nSPS) is 20.5. The fraction of sp³-hybridized carbons (Fsp3) is 0.875. The zero-order valence-electron chi connectivity index (χ0n) is 7.09. The molecule has 0 aromatic rings. The molecular formula is C8H15NO2. The number of rotatable bonds is 3. The van der Waals surface area contributed by atoms with Gasteiger partial charge in [0.2, 0.25) is 0 Å². The zero-order valence-corrected chi connectivity index (χ0v) is 7.09. The molecule has 1 unspecified atom stereocenters. The van der Waals surface area contributed by atoms with Crippen molar-refractivity contribution in [3.05, 3.63) is 0 Å². The summed E-state index contributed by atoms with van der Waals surface area (Å²) in [6.45, 7) is 6.18. The molecule has 0 spiro atoms. The highest BCUT2D eigenvalue weighted by Gasteiger charge is 2.29. The van der Waals surface area contributed by atoms with E-state index in [1.165, 1.54) is 0 Å². The highest BCUT2D eigenvalue weighted by Crippen LogP contribution is 2.16. The lowest BCUT2D eigenvalue weighted by atomic mass is 9.89. The van der Waals surface area contributed by atoms with Gasteiger partial charge in [0.25, 0.3) is 0 Å². The summed E-state index contributed by atoms with van der Waals surface area (Å²) in [5.74, 6) is 0.504. The molecule has 0 aromatic heterocycles. The molecule has 1 aliphatic rings. The average Bonchev–Trinajstić information content (AvgIpc) is 1.84. The first kappa shape index (κ1) is 8.53. The third-order valence-electron chi connectivity index (χ3n) is 2.18. The predicted molar refractivity (Wildman–Crippen MR) is 42.2 cm³/mol. The van der Waals surface area contributed by atoms with E-state index in [0.717, 1.165) is 13.1 Å². The highest BCUT2D eigenvalue weighted by atomic mass is 16.5. The molecule has 1 rings (SSSR count). The number of esters is 1. The van der Waals surface area contributed by atoms with Gasteiger partial charge in [0.05, 0.1) is 12.5 Å². The van der Waals surface area contributed by atoms with E-state index in [1.54, 1.807) is 0 Å². The van der Waals surface area contributed by atoms with Gasteiger partial charge in [-0.05, 0) is 25.9 Å². The predicted octanol–water partition coefficient (Wildman–Crippen LogP) is 0.405. The maximum absolute atomic E-state index is 11.1. The minimum atomic E-state index is -0.0565. The molecule has 1 aliphatic heterocycles. The van der Waals surface area contributed by atoms with Crippen LogP contribution in [0, 0.1) is 11.8 Å². The van der Waals surface area contributed by atoms with Crippen molar-refractivity contribution in [3.63, 3.8) is 0 Å². The van der Waals surface area contributed by atoms with Crippen LogP contribution >= 0.6 is 0 Å². The zero-order chi connectivity index (χ0) is 8.27. The molecule has 1 fully saturated rings. The molecule has 3 heteroatoms. The summed E-state index contributed by atoms with van der Waals surface area (Å²) in [7, 11) is 0. The molecule has 0 aromatic carbocycles. The van der Waals surface area contributed by atoms with Crippen LogP contribution in [0.15, 0.2) is 0 Å². The Kier molecular flexibility index (Phi) is 2.88. The minimum Gasteiger partial charge on any atom is -0.466 e. The minimum absolute atomic E-state index is 0.0565. The van der Waals surface area contributed by atoms with Crippen LogP contribution in [0.1, 0.15) is 13.8 Å². The van der Waals surface area contributed by atoms with Gasteiger partial charge in [-0.3, -0.25) is 4.79 Å². The first-order valence-corrected chi connectivity index (χ1v) is 4.13. The van der Waals surface area contributed by atoms with Gasteiger partial charge >= 0.3 is 5.97 Å². The molecule has 0 amide bonds. The van der Waals surface area contributed by atoms with Crippen molar-refractivity contribution in [2.24, 2.45) is 11.8 Å². The number of nitrogens with one attached hydrogen (secondary N) is 1. The van der Waals surface area contributed by atoms with E-state index in [9.17, 15) is 4.79 Å². The van der Waals surface area contributed by atoms with Crippen molar-refractivity contribution in [2.45, 2.75) is 13.8 Å². The van der Waals surface area contributed by atoms with Crippen LogP contribution in [0.25, 0.3) is 0 Å². The van der Waals surface area contributed by atoms with Crippen molar-refractivity contribution < 1.29 is 9.53 Å². The Labute approximate surface area is 67.1 Å². The quantitative estimate of drug-likeness (QED) is 0.603. The molecule has 1 atom stereocenters. The van der Waals surface area contributed by atoms with Gasteiger partial charge in [0.1, 0.15) is 0 Å². The van der Waals surface area contributed by atoms with E-state index in [4.69, 9.17) is 4.74 Å². The molecule has 0 saturated carbocycles. The van der Waals surface area contributed by atoms with Gasteiger partial charge in [0.15, 0.2) is 0 Å². The van der Waals surface area contributed by atoms with E-state index in [-0.39, 0.29) is 11.9 Å². The Balaban J connectivity index is 2.27. The Bertz CT molecular complexity index is 143. The largest absolute Gasteiger partial charge is 0.466 e. The third kappa shape index (κ3) is 1.93. The Morgan fingerprint density at radius 3 is 2.73 bits per heavy atom. The molecule has 0 bridgehead atoms. The lowest BCUT2D eigenvalue weighted by molar-refractivity contribution is -0.149. The molecule has 64 valence electrons. The third-order valence-corrected chi connectivity index (χ3v) is 2.18. The summed E-state index contributed by atoms with van der Waals surface area (Å²) in [6.07, 6.45) is 0. The summed E-state index contributed by atoms with van der Waals surface area (Å²) in [5.41, 5.74) is 0. The maximum Gasteiger partial charge on any atom is 0.309 e. The summed E-state index contributed by atoms with van der Waals surface area (Å²) >= 11 is 0. The monoisotopic (exact) mass is 157 g/mol. The highest BCUT2D eigenvalue weighted by molar-refractivity contribution is 5.72. The number of carbonyl (C=O) groups excluding carboxylic acids is 1. The van der Waals surface area contributed by atoms with Gasteiger partial charge in [-0.15, -0.1) is 0 Å². The lowest BCUT2D eigenvalue weighted by Crippen LogP contribution is -2.47. The number of hydrogen-bond acceptors (Lipinski definition) is 3. The van der Waals surface area contributed by atoms with Crippen LogP contribution in [0.2, 0.25) is 0 Å². The number of ether oxygens (including phenoxy) is 1. The summed E-state index contributed by atoms with van der Waals surface area (Å²) in [6, 6.07) is 0. The Morgan fingerprint density at radius 1 is 1.73 bits per heavy atom. The summed E-state index contributed by atoms with van der Waals surface area (Å²) < 4.78 is 4.89. The van der Waals surface area contributed by atoms with Crippen LogP contribution in [-0.2, 0) is 9.53 Å². The number of carbonyl (C=O) groups is 1. The smallest absolute Gasteiger partial charge is 0.309 e. The Hall–Kier alpha value is -0.570. The standard InChI is InChI=1S/C8H15NO2/c1-3-11-8(10)6(2)7-4-9-5-7/h6-7,9H,3-5H2,1-2H3. The van der Waals surface area contributed by atoms with Crippen LogP contribution in [0.5, 0.6) is 0 Å². The summed E-state index contributed by atoms with van der Waals surface area (Å²) in [5, 5.41) is 3.13. The molecule has 1 saturated heterocycles. The number of hydrogen-bond donors (Lipinski definition) is 1. The first-order chi connectivity index (χ1) is 5.25. The van der Waals surface area contributed by atoms with Crippen LogP contribution in [0.3, 0.4) is 0 Å². The fourth-order valence-electron chi connectivity index (χ4n) is 1.13. The molecule has 11 heavy (non-hydrogen) atoms. The van der Waals surface area contributed by atoms with E-state index in [1.807, 2.05) is 13.8 Å². The Morgan fingerprint density at radius 2 is 2.36 bits per heavy atom. The first-order valence-electron chi connectivity index (χ1n) is 4.13. The van der Waals surface area contributed by atoms with Gasteiger partial charge in [-0.1, -0.05) is 6.92 Å². The van der Waals surface area contributed by atoms with Gasteiger partial charge in [-0.25, -0.2) is 0 Å². The van der Waals surface area contributed by atoms with Crippen LogP contribution in [0.4, 0.5) is 0 Å². The van der Waals surface area contributed by atoms with Crippen molar-refractivity contribution >= 4 is 5.97 Å². The second kappa shape index (κ2) is 3.72. The van der Waals surface area contributed by atoms with Crippen molar-refractivity contribution in [1.29, 1.82) is 0 Å². The second-order valence-electron chi connectivity index (χ2n) is 2.96. The molecule has 1 N–H and O–H groups in total. The second-order valence-corrected chi connectivity index (χ2v) is 2.96. The SMILES string of the molecule is CCOC(=O)C(C)C1CNC1. The maximum atomic E-state index is 11.1. The van der Waals surface area contributed by atoms with Gasteiger partial charge in [-0.2, -0.15) is 0 Å². The molecular weight excluding hydrogens is 142 g/mol. The van der Waals surface area contributed by atoms with E-state index in [2.05, 4.69) is 5.32 Å². The van der Waals surface area contributed by atoms with E-state index in [0.29, 0.717) is 12.5 Å². The molecule has 1 heterocycles. The van der Waals surface area contributed by atoms with Gasteiger partial charge < -0.3 is 10.1 Å². The van der Waals surface area contributed by atoms with Gasteiger partial charge in [0, 0.05) is 0 Å². The topological polar surface area (TPSA) is 38.3 Å². The molecule has 0 aliphatic carbocycles.